The summed E-state index contributed by atoms with van der Waals surface area (Å²) in [5.74, 6) is 0.0908. The molecule has 92 valence electrons. The van der Waals surface area contributed by atoms with Crippen molar-refractivity contribution in [3.63, 3.8) is 0 Å². The van der Waals surface area contributed by atoms with Crippen LogP contribution in [0.3, 0.4) is 0 Å². The average Bonchev–Trinajstić information content (AvgIpc) is 2.72. The number of thiocarbonyl (C=S) groups is 1. The van der Waals surface area contributed by atoms with Crippen LogP contribution in [-0.4, -0.2) is 30.6 Å². The first kappa shape index (κ1) is 12.1. The highest BCUT2D eigenvalue weighted by atomic mass is 32.1. The Balaban J connectivity index is 2.27. The number of rotatable bonds is 3. The van der Waals surface area contributed by atoms with E-state index in [0.717, 1.165) is 0 Å². The number of aryl methyl sites for hydroxylation is 1. The van der Waals surface area contributed by atoms with Crippen molar-refractivity contribution < 1.29 is 4.79 Å². The van der Waals surface area contributed by atoms with Gasteiger partial charge in [0.2, 0.25) is 0 Å². The minimum absolute atomic E-state index is 0.169. The zero-order chi connectivity index (χ0) is 13.1. The number of nitrogens with two attached hydrogens (primary N) is 1. The second-order valence-corrected chi connectivity index (χ2v) is 3.92. The first-order chi connectivity index (χ1) is 8.59. The molecular formula is C10H10N6OS. The fourth-order valence-electron chi connectivity index (χ4n) is 1.36. The Morgan fingerprint density at radius 1 is 1.39 bits per heavy atom. The van der Waals surface area contributed by atoms with Crippen molar-refractivity contribution in [2.45, 2.75) is 0 Å². The van der Waals surface area contributed by atoms with Gasteiger partial charge in [0.25, 0.3) is 5.91 Å². The SMILES string of the molecule is Cn1ncc(C(N)=S)c1NC(=O)c1cncnc1. The second kappa shape index (κ2) is 4.88. The van der Waals surface area contributed by atoms with Crippen molar-refractivity contribution in [2.75, 3.05) is 5.32 Å². The lowest BCUT2D eigenvalue weighted by Gasteiger charge is -2.07. The van der Waals surface area contributed by atoms with E-state index < -0.39 is 0 Å². The van der Waals surface area contributed by atoms with Gasteiger partial charge in [-0.1, -0.05) is 12.2 Å². The third-order valence-corrected chi connectivity index (χ3v) is 2.48. The van der Waals surface area contributed by atoms with Crippen LogP contribution in [0.25, 0.3) is 0 Å². The Labute approximate surface area is 108 Å². The first-order valence-corrected chi connectivity index (χ1v) is 5.38. The molecule has 0 radical (unpaired) electrons. The van der Waals surface area contributed by atoms with E-state index in [4.69, 9.17) is 18.0 Å². The predicted octanol–water partition coefficient (Wildman–Crippen LogP) is 0.0966. The maximum Gasteiger partial charge on any atom is 0.259 e. The summed E-state index contributed by atoms with van der Waals surface area (Å²) in [5, 5.41) is 6.66. The number of carbonyl (C=O) groups excluding carboxylic acids is 1. The van der Waals surface area contributed by atoms with E-state index in [0.29, 0.717) is 16.9 Å². The summed E-state index contributed by atoms with van der Waals surface area (Å²) in [6.45, 7) is 0. The van der Waals surface area contributed by atoms with Crippen molar-refractivity contribution in [3.05, 3.63) is 36.0 Å². The van der Waals surface area contributed by atoms with Gasteiger partial charge in [0.15, 0.2) is 0 Å². The van der Waals surface area contributed by atoms with E-state index in [-0.39, 0.29) is 10.9 Å². The van der Waals surface area contributed by atoms with E-state index >= 15 is 0 Å². The van der Waals surface area contributed by atoms with Gasteiger partial charge in [0, 0.05) is 19.4 Å². The molecule has 2 heterocycles. The number of nitrogens with one attached hydrogen (secondary N) is 1. The van der Waals surface area contributed by atoms with E-state index in [1.807, 2.05) is 0 Å². The number of hydrogen-bond donors (Lipinski definition) is 2. The molecule has 3 N–H and O–H groups in total. The Hall–Kier alpha value is -2.35. The van der Waals surface area contributed by atoms with Gasteiger partial charge in [-0.25, -0.2) is 9.97 Å². The van der Waals surface area contributed by atoms with Gasteiger partial charge < -0.3 is 11.1 Å². The highest BCUT2D eigenvalue weighted by molar-refractivity contribution is 7.80. The van der Waals surface area contributed by atoms with Crippen LogP contribution >= 0.6 is 12.2 Å². The van der Waals surface area contributed by atoms with E-state index in [1.54, 1.807) is 7.05 Å². The van der Waals surface area contributed by atoms with Crippen molar-refractivity contribution in [1.29, 1.82) is 0 Å². The number of nitrogens with zero attached hydrogens (tertiary/aromatic N) is 4. The smallest absolute Gasteiger partial charge is 0.259 e. The highest BCUT2D eigenvalue weighted by Gasteiger charge is 2.15. The molecule has 0 unspecified atom stereocenters. The molecule has 0 aromatic carbocycles. The van der Waals surface area contributed by atoms with Crippen LogP contribution < -0.4 is 11.1 Å². The quantitative estimate of drug-likeness (QED) is 0.761. The minimum Gasteiger partial charge on any atom is -0.389 e. The van der Waals surface area contributed by atoms with Crippen molar-refractivity contribution in [3.8, 4) is 0 Å². The van der Waals surface area contributed by atoms with Crippen LogP contribution in [0.4, 0.5) is 5.82 Å². The Morgan fingerprint density at radius 2 is 2.06 bits per heavy atom. The molecule has 0 bridgehead atoms. The molecule has 1 amide bonds. The molecule has 0 aliphatic rings. The second-order valence-electron chi connectivity index (χ2n) is 3.48. The number of hydrogen-bond acceptors (Lipinski definition) is 5. The normalized spacial score (nSPS) is 10.1. The van der Waals surface area contributed by atoms with E-state index in [9.17, 15) is 4.79 Å². The third-order valence-electron chi connectivity index (χ3n) is 2.26. The molecule has 8 heteroatoms. The Morgan fingerprint density at radius 3 is 2.67 bits per heavy atom. The van der Waals surface area contributed by atoms with E-state index in [1.165, 1.54) is 29.6 Å². The van der Waals surface area contributed by atoms with Crippen molar-refractivity contribution in [2.24, 2.45) is 12.8 Å². The number of aromatic nitrogens is 4. The molecular weight excluding hydrogens is 252 g/mol. The highest BCUT2D eigenvalue weighted by Crippen LogP contribution is 2.14. The lowest BCUT2D eigenvalue weighted by Crippen LogP contribution is -2.19. The molecule has 0 aliphatic carbocycles. The molecule has 0 aliphatic heterocycles. The zero-order valence-corrected chi connectivity index (χ0v) is 10.3. The summed E-state index contributed by atoms with van der Waals surface area (Å²) in [5.41, 5.74) is 6.40. The molecule has 0 saturated carbocycles. The minimum atomic E-state index is -0.350. The number of anilines is 1. The summed E-state index contributed by atoms with van der Waals surface area (Å²) in [7, 11) is 1.68. The van der Waals surface area contributed by atoms with E-state index in [2.05, 4.69) is 20.4 Å². The topological polar surface area (TPSA) is 98.7 Å². The fourth-order valence-corrected chi connectivity index (χ4v) is 1.51. The van der Waals surface area contributed by atoms with Crippen LogP contribution in [0, 0.1) is 0 Å². The molecule has 2 aromatic heterocycles. The maximum atomic E-state index is 11.9. The number of amides is 1. The fraction of sp³-hybridized carbons (Fsp3) is 0.100. The average molecular weight is 262 g/mol. The van der Waals surface area contributed by atoms with Crippen LogP contribution in [-0.2, 0) is 7.05 Å². The van der Waals surface area contributed by atoms with Crippen LogP contribution in [0.1, 0.15) is 15.9 Å². The molecule has 2 rings (SSSR count). The van der Waals surface area contributed by atoms with Crippen LogP contribution in [0.5, 0.6) is 0 Å². The number of carbonyl (C=O) groups is 1. The zero-order valence-electron chi connectivity index (χ0n) is 9.49. The van der Waals surface area contributed by atoms with Gasteiger partial charge in [-0.15, -0.1) is 0 Å². The summed E-state index contributed by atoms with van der Waals surface area (Å²) >= 11 is 4.88. The summed E-state index contributed by atoms with van der Waals surface area (Å²) in [4.78, 5) is 19.6. The molecule has 0 atom stereocenters. The molecule has 2 aromatic rings. The summed E-state index contributed by atoms with van der Waals surface area (Å²) < 4.78 is 1.48. The standard InChI is InChI=1S/C10H10N6OS/c1-16-9(7(4-14-16)8(11)18)15-10(17)6-2-12-5-13-3-6/h2-5H,1H3,(H2,11,18)(H,15,17). The molecule has 18 heavy (non-hydrogen) atoms. The molecule has 7 nitrogen and oxygen atoms in total. The van der Waals surface area contributed by atoms with Gasteiger partial charge in [-0.2, -0.15) is 5.10 Å². The van der Waals surface area contributed by atoms with Crippen molar-refractivity contribution >= 4 is 28.9 Å². The van der Waals surface area contributed by atoms with Crippen LogP contribution in [0.2, 0.25) is 0 Å². The monoisotopic (exact) mass is 262 g/mol. The van der Waals surface area contributed by atoms with Gasteiger partial charge in [-0.3, -0.25) is 9.48 Å². The third kappa shape index (κ3) is 2.33. The van der Waals surface area contributed by atoms with Gasteiger partial charge in [0.1, 0.15) is 17.1 Å². The largest absolute Gasteiger partial charge is 0.389 e. The molecule has 0 fully saturated rings. The summed E-state index contributed by atoms with van der Waals surface area (Å²) in [6, 6.07) is 0. The maximum absolute atomic E-state index is 11.9. The molecule has 0 saturated heterocycles. The lowest BCUT2D eigenvalue weighted by atomic mass is 10.3. The predicted molar refractivity (Wildman–Crippen MR) is 69.1 cm³/mol. The van der Waals surface area contributed by atoms with Crippen LogP contribution in [0.15, 0.2) is 24.9 Å². The van der Waals surface area contributed by atoms with Gasteiger partial charge >= 0.3 is 0 Å². The first-order valence-electron chi connectivity index (χ1n) is 4.97. The Bertz CT molecular complexity index is 594. The summed E-state index contributed by atoms with van der Waals surface area (Å²) in [6.07, 6.45) is 5.68. The Kier molecular flexibility index (Phi) is 3.28. The van der Waals surface area contributed by atoms with Gasteiger partial charge in [0.05, 0.1) is 17.3 Å². The molecule has 0 spiro atoms. The van der Waals surface area contributed by atoms with Crippen molar-refractivity contribution in [1.82, 2.24) is 19.7 Å². The van der Waals surface area contributed by atoms with Gasteiger partial charge in [-0.05, 0) is 0 Å². The lowest BCUT2D eigenvalue weighted by molar-refractivity contribution is 0.102.